The van der Waals surface area contributed by atoms with E-state index in [2.05, 4.69) is 0 Å². The summed E-state index contributed by atoms with van der Waals surface area (Å²) >= 11 is 0. The van der Waals surface area contributed by atoms with Crippen molar-refractivity contribution in [1.82, 2.24) is 0 Å². The summed E-state index contributed by atoms with van der Waals surface area (Å²) in [6.45, 7) is 2.40. The molecule has 21 heavy (non-hydrogen) atoms. The number of aliphatic hydroxyl groups excluding tert-OH is 1. The maximum atomic E-state index is 10.3. The van der Waals surface area contributed by atoms with Crippen molar-refractivity contribution in [3.05, 3.63) is 59.7 Å². The van der Waals surface area contributed by atoms with Crippen LogP contribution in [0.5, 0.6) is 11.5 Å². The van der Waals surface area contributed by atoms with Gasteiger partial charge in [-0.05, 0) is 55.3 Å². The second-order valence-electron chi connectivity index (χ2n) is 5.12. The Morgan fingerprint density at radius 2 is 1.81 bits per heavy atom. The number of rotatable bonds is 6. The number of benzene rings is 2. The lowest BCUT2D eigenvalue weighted by molar-refractivity contribution is 0.142. The highest BCUT2D eigenvalue weighted by atomic mass is 16.5. The topological polar surface area (TPSA) is 81.5 Å². The number of hydrogen-bond acceptors (Lipinski definition) is 4. The van der Waals surface area contributed by atoms with Crippen LogP contribution >= 0.6 is 0 Å². The van der Waals surface area contributed by atoms with Gasteiger partial charge in [0.25, 0.3) is 0 Å². The van der Waals surface area contributed by atoms with Crippen LogP contribution in [0.3, 0.4) is 0 Å². The fourth-order valence-electron chi connectivity index (χ4n) is 2.25. The van der Waals surface area contributed by atoms with Crippen molar-refractivity contribution in [1.29, 1.82) is 0 Å². The van der Waals surface area contributed by atoms with Gasteiger partial charge in [0.1, 0.15) is 11.5 Å². The van der Waals surface area contributed by atoms with E-state index in [1.54, 1.807) is 0 Å². The van der Waals surface area contributed by atoms with Gasteiger partial charge in [0.2, 0.25) is 0 Å². The normalized spacial score (nSPS) is 13.7. The highest BCUT2D eigenvalue weighted by Crippen LogP contribution is 2.27. The monoisotopic (exact) mass is 286 g/mol. The molecule has 4 heteroatoms. The first-order valence-electron chi connectivity index (χ1n) is 7.09. The SMILES string of the molecule is Cc1cc(Oc2ccccc2)ccc1C(O)C(N)CCN. The van der Waals surface area contributed by atoms with Gasteiger partial charge in [0.15, 0.2) is 0 Å². The molecule has 4 nitrogen and oxygen atoms in total. The minimum absolute atomic E-state index is 0.352. The molecular weight excluding hydrogens is 264 g/mol. The summed E-state index contributed by atoms with van der Waals surface area (Å²) in [7, 11) is 0. The molecule has 2 atom stereocenters. The van der Waals surface area contributed by atoms with E-state index in [9.17, 15) is 5.11 Å². The van der Waals surface area contributed by atoms with Gasteiger partial charge in [-0.15, -0.1) is 0 Å². The Bertz CT molecular complexity index is 572. The van der Waals surface area contributed by atoms with Crippen molar-refractivity contribution in [3.63, 3.8) is 0 Å². The van der Waals surface area contributed by atoms with Gasteiger partial charge in [-0.25, -0.2) is 0 Å². The quantitative estimate of drug-likeness (QED) is 0.762. The van der Waals surface area contributed by atoms with Crippen molar-refractivity contribution in [2.45, 2.75) is 25.5 Å². The number of ether oxygens (including phenoxy) is 1. The van der Waals surface area contributed by atoms with Crippen LogP contribution in [0, 0.1) is 6.92 Å². The smallest absolute Gasteiger partial charge is 0.127 e. The average molecular weight is 286 g/mol. The Balaban J connectivity index is 2.14. The Labute approximate surface area is 125 Å². The lowest BCUT2D eigenvalue weighted by atomic mass is 9.96. The summed E-state index contributed by atoms with van der Waals surface area (Å²) in [6, 6.07) is 14.8. The number of nitrogens with two attached hydrogens (primary N) is 2. The minimum Gasteiger partial charge on any atom is -0.457 e. The van der Waals surface area contributed by atoms with Crippen molar-refractivity contribution in [3.8, 4) is 11.5 Å². The predicted molar refractivity (Wildman–Crippen MR) is 84.3 cm³/mol. The summed E-state index contributed by atoms with van der Waals surface area (Å²) in [5, 5.41) is 10.3. The molecule has 0 saturated heterocycles. The molecule has 2 aromatic carbocycles. The van der Waals surface area contributed by atoms with Gasteiger partial charge in [-0.1, -0.05) is 24.3 Å². The van der Waals surface area contributed by atoms with Crippen LogP contribution in [-0.2, 0) is 0 Å². The standard InChI is InChI=1S/C17H22N2O2/c1-12-11-14(21-13-5-3-2-4-6-13)7-8-15(12)17(20)16(19)9-10-18/h2-8,11,16-17,20H,9-10,18-19H2,1H3. The number of aliphatic hydroxyl groups is 1. The van der Waals surface area contributed by atoms with E-state index in [-0.39, 0.29) is 6.04 Å². The van der Waals surface area contributed by atoms with Gasteiger partial charge in [0, 0.05) is 6.04 Å². The highest BCUT2D eigenvalue weighted by molar-refractivity contribution is 5.39. The molecule has 2 aromatic rings. The van der Waals surface area contributed by atoms with Gasteiger partial charge in [-0.2, -0.15) is 0 Å². The summed E-state index contributed by atoms with van der Waals surface area (Å²) in [4.78, 5) is 0. The van der Waals surface area contributed by atoms with Crippen LogP contribution in [0.4, 0.5) is 0 Å². The van der Waals surface area contributed by atoms with Crippen LogP contribution in [0.2, 0.25) is 0 Å². The Hall–Kier alpha value is -1.88. The van der Waals surface area contributed by atoms with Crippen molar-refractivity contribution < 1.29 is 9.84 Å². The van der Waals surface area contributed by atoms with E-state index in [0.29, 0.717) is 13.0 Å². The van der Waals surface area contributed by atoms with Gasteiger partial charge < -0.3 is 21.3 Å². The van der Waals surface area contributed by atoms with Crippen molar-refractivity contribution in [2.75, 3.05) is 6.54 Å². The van der Waals surface area contributed by atoms with E-state index >= 15 is 0 Å². The zero-order valence-corrected chi connectivity index (χ0v) is 12.2. The lowest BCUT2D eigenvalue weighted by Crippen LogP contribution is -2.31. The predicted octanol–water partition coefficient (Wildman–Crippen LogP) is 2.50. The first-order chi connectivity index (χ1) is 10.1. The van der Waals surface area contributed by atoms with Gasteiger partial charge in [0.05, 0.1) is 6.10 Å². The van der Waals surface area contributed by atoms with E-state index < -0.39 is 6.10 Å². The van der Waals surface area contributed by atoms with Crippen molar-refractivity contribution >= 4 is 0 Å². The van der Waals surface area contributed by atoms with E-state index in [1.807, 2.05) is 55.5 Å². The third-order valence-electron chi connectivity index (χ3n) is 3.44. The molecule has 0 heterocycles. The maximum absolute atomic E-state index is 10.3. The molecule has 112 valence electrons. The lowest BCUT2D eigenvalue weighted by Gasteiger charge is -2.20. The van der Waals surface area contributed by atoms with E-state index in [4.69, 9.17) is 16.2 Å². The number of aryl methyl sites for hydroxylation is 1. The molecule has 0 aromatic heterocycles. The summed E-state index contributed by atoms with van der Waals surface area (Å²) < 4.78 is 5.77. The first kappa shape index (κ1) is 15.5. The summed E-state index contributed by atoms with van der Waals surface area (Å²) in [5.41, 5.74) is 13.2. The fraction of sp³-hybridized carbons (Fsp3) is 0.294. The molecule has 0 bridgehead atoms. The Morgan fingerprint density at radius 1 is 1.10 bits per heavy atom. The third-order valence-corrected chi connectivity index (χ3v) is 3.44. The molecule has 0 amide bonds. The first-order valence-corrected chi connectivity index (χ1v) is 7.09. The molecule has 0 saturated carbocycles. The van der Waals surface area contributed by atoms with E-state index in [1.165, 1.54) is 0 Å². The zero-order chi connectivity index (χ0) is 15.2. The average Bonchev–Trinajstić information content (AvgIpc) is 2.48. The van der Waals surface area contributed by atoms with Gasteiger partial charge in [-0.3, -0.25) is 0 Å². The zero-order valence-electron chi connectivity index (χ0n) is 12.2. The molecule has 0 aliphatic heterocycles. The molecule has 5 N–H and O–H groups in total. The Kier molecular flexibility index (Phi) is 5.33. The second kappa shape index (κ2) is 7.22. The van der Waals surface area contributed by atoms with Crippen LogP contribution in [-0.4, -0.2) is 17.7 Å². The molecule has 0 fully saturated rings. The van der Waals surface area contributed by atoms with Gasteiger partial charge >= 0.3 is 0 Å². The largest absolute Gasteiger partial charge is 0.457 e. The molecule has 2 rings (SSSR count). The molecule has 0 radical (unpaired) electrons. The van der Waals surface area contributed by atoms with E-state index in [0.717, 1.165) is 22.6 Å². The molecular formula is C17H22N2O2. The van der Waals surface area contributed by atoms with Crippen LogP contribution in [0.1, 0.15) is 23.7 Å². The molecule has 2 unspecified atom stereocenters. The number of hydrogen-bond donors (Lipinski definition) is 3. The highest BCUT2D eigenvalue weighted by Gasteiger charge is 2.18. The fourth-order valence-corrected chi connectivity index (χ4v) is 2.25. The Morgan fingerprint density at radius 3 is 2.43 bits per heavy atom. The molecule has 0 aliphatic carbocycles. The third kappa shape index (κ3) is 4.04. The number of para-hydroxylation sites is 1. The second-order valence-corrected chi connectivity index (χ2v) is 5.12. The van der Waals surface area contributed by atoms with Crippen LogP contribution < -0.4 is 16.2 Å². The summed E-state index contributed by atoms with van der Waals surface area (Å²) in [5.74, 6) is 1.52. The molecule has 0 aliphatic rings. The van der Waals surface area contributed by atoms with Crippen molar-refractivity contribution in [2.24, 2.45) is 11.5 Å². The minimum atomic E-state index is -0.709. The molecule has 0 spiro atoms. The summed E-state index contributed by atoms with van der Waals surface area (Å²) in [6.07, 6.45) is -0.123. The van der Waals surface area contributed by atoms with Crippen LogP contribution in [0.15, 0.2) is 48.5 Å². The maximum Gasteiger partial charge on any atom is 0.127 e. The van der Waals surface area contributed by atoms with Crippen LogP contribution in [0.25, 0.3) is 0 Å².